The van der Waals surface area contributed by atoms with Crippen LogP contribution < -0.4 is 10.9 Å². The van der Waals surface area contributed by atoms with Gasteiger partial charge in [0.25, 0.3) is 5.56 Å². The van der Waals surface area contributed by atoms with Crippen LogP contribution in [0.3, 0.4) is 0 Å². The fraction of sp³-hybridized carbons (Fsp3) is 0.200. The molecular weight excluding hydrogens is 276 g/mol. The number of nitrogens with zero attached hydrogens (tertiary/aromatic N) is 1. The Morgan fingerprint density at radius 3 is 2.75 bits per heavy atom. The van der Waals surface area contributed by atoms with Crippen molar-refractivity contribution in [2.75, 3.05) is 0 Å². The standard InChI is InChI=1S/C15H15ClN2O2/c1-11-5-4-8-18(15(11)20)10-14(19)17-9-12-6-2-3-7-13(12)16/h2-8H,9-10H2,1H3,(H,17,19). The third-order valence-electron chi connectivity index (χ3n) is 2.96. The van der Waals surface area contributed by atoms with Gasteiger partial charge in [-0.25, -0.2) is 0 Å². The second-order valence-corrected chi connectivity index (χ2v) is 4.90. The molecule has 2 aromatic rings. The number of hydrogen-bond acceptors (Lipinski definition) is 2. The number of nitrogens with one attached hydrogen (secondary N) is 1. The van der Waals surface area contributed by atoms with Crippen LogP contribution in [-0.4, -0.2) is 10.5 Å². The average molecular weight is 291 g/mol. The predicted octanol–water partition coefficient (Wildman–Crippen LogP) is 2.13. The normalized spacial score (nSPS) is 10.3. The zero-order chi connectivity index (χ0) is 14.5. The van der Waals surface area contributed by atoms with Crippen LogP contribution in [0.5, 0.6) is 0 Å². The van der Waals surface area contributed by atoms with Gasteiger partial charge in [-0.1, -0.05) is 35.9 Å². The molecule has 0 radical (unpaired) electrons. The molecular formula is C15H15ClN2O2. The van der Waals surface area contributed by atoms with E-state index in [4.69, 9.17) is 11.6 Å². The maximum atomic E-state index is 11.8. The molecule has 1 aromatic heterocycles. The first-order valence-electron chi connectivity index (χ1n) is 6.24. The summed E-state index contributed by atoms with van der Waals surface area (Å²) in [5.41, 5.74) is 1.31. The van der Waals surface area contributed by atoms with Crippen LogP contribution in [0.1, 0.15) is 11.1 Å². The van der Waals surface area contributed by atoms with Gasteiger partial charge >= 0.3 is 0 Å². The Kier molecular flexibility index (Phi) is 4.58. The van der Waals surface area contributed by atoms with E-state index in [9.17, 15) is 9.59 Å². The van der Waals surface area contributed by atoms with Crippen molar-refractivity contribution in [2.24, 2.45) is 0 Å². The van der Waals surface area contributed by atoms with Crippen molar-refractivity contribution in [3.8, 4) is 0 Å². The first-order chi connectivity index (χ1) is 9.58. The van der Waals surface area contributed by atoms with Crippen molar-refractivity contribution in [1.82, 2.24) is 9.88 Å². The average Bonchev–Trinajstić information content (AvgIpc) is 2.43. The third kappa shape index (κ3) is 3.48. The molecule has 1 amide bonds. The highest BCUT2D eigenvalue weighted by molar-refractivity contribution is 6.31. The van der Waals surface area contributed by atoms with Gasteiger partial charge in [0.2, 0.25) is 5.91 Å². The zero-order valence-corrected chi connectivity index (χ0v) is 11.9. The third-order valence-corrected chi connectivity index (χ3v) is 3.33. The van der Waals surface area contributed by atoms with Crippen LogP contribution in [0.25, 0.3) is 0 Å². The van der Waals surface area contributed by atoms with E-state index in [1.807, 2.05) is 18.2 Å². The number of hydrogen-bond donors (Lipinski definition) is 1. The molecule has 0 saturated heterocycles. The lowest BCUT2D eigenvalue weighted by Crippen LogP contribution is -2.32. The van der Waals surface area contributed by atoms with Gasteiger partial charge in [-0.05, 0) is 24.6 Å². The highest BCUT2D eigenvalue weighted by Gasteiger charge is 2.06. The minimum atomic E-state index is -0.224. The molecule has 0 fully saturated rings. The Bertz CT molecular complexity index is 680. The summed E-state index contributed by atoms with van der Waals surface area (Å²) in [6, 6.07) is 10.8. The Morgan fingerprint density at radius 1 is 1.25 bits per heavy atom. The molecule has 0 saturated carbocycles. The van der Waals surface area contributed by atoms with Gasteiger partial charge in [-0.15, -0.1) is 0 Å². The van der Waals surface area contributed by atoms with Gasteiger partial charge in [0, 0.05) is 23.3 Å². The second-order valence-electron chi connectivity index (χ2n) is 4.49. The summed E-state index contributed by atoms with van der Waals surface area (Å²) in [7, 11) is 0. The van der Waals surface area contributed by atoms with Crippen LogP contribution in [0.15, 0.2) is 47.4 Å². The summed E-state index contributed by atoms with van der Waals surface area (Å²) in [4.78, 5) is 23.6. The number of benzene rings is 1. The van der Waals surface area contributed by atoms with Crippen molar-refractivity contribution in [2.45, 2.75) is 20.0 Å². The van der Waals surface area contributed by atoms with Crippen molar-refractivity contribution in [1.29, 1.82) is 0 Å². The van der Waals surface area contributed by atoms with E-state index in [1.54, 1.807) is 31.3 Å². The van der Waals surface area contributed by atoms with E-state index in [0.717, 1.165) is 5.56 Å². The minimum Gasteiger partial charge on any atom is -0.350 e. The Morgan fingerprint density at radius 2 is 2.00 bits per heavy atom. The van der Waals surface area contributed by atoms with Gasteiger partial charge in [0.15, 0.2) is 0 Å². The summed E-state index contributed by atoms with van der Waals surface area (Å²) in [6.45, 7) is 2.07. The van der Waals surface area contributed by atoms with E-state index in [-0.39, 0.29) is 18.0 Å². The summed E-state index contributed by atoms with van der Waals surface area (Å²) < 4.78 is 1.39. The van der Waals surface area contributed by atoms with Gasteiger partial charge < -0.3 is 9.88 Å². The van der Waals surface area contributed by atoms with Crippen LogP contribution in [-0.2, 0) is 17.9 Å². The molecule has 2 rings (SSSR count). The smallest absolute Gasteiger partial charge is 0.253 e. The molecule has 5 heteroatoms. The predicted molar refractivity (Wildman–Crippen MR) is 78.7 cm³/mol. The van der Waals surface area contributed by atoms with Gasteiger partial charge in [0.05, 0.1) is 0 Å². The monoisotopic (exact) mass is 290 g/mol. The Balaban J connectivity index is 1.98. The van der Waals surface area contributed by atoms with Crippen molar-refractivity contribution >= 4 is 17.5 Å². The van der Waals surface area contributed by atoms with E-state index >= 15 is 0 Å². The number of pyridine rings is 1. The molecule has 1 N–H and O–H groups in total. The lowest BCUT2D eigenvalue weighted by Gasteiger charge is -2.09. The zero-order valence-electron chi connectivity index (χ0n) is 11.1. The highest BCUT2D eigenvalue weighted by atomic mass is 35.5. The first kappa shape index (κ1) is 14.3. The topological polar surface area (TPSA) is 51.1 Å². The van der Waals surface area contributed by atoms with E-state index in [2.05, 4.69) is 5.32 Å². The largest absolute Gasteiger partial charge is 0.350 e. The van der Waals surface area contributed by atoms with Crippen LogP contribution >= 0.6 is 11.6 Å². The molecule has 0 atom stereocenters. The molecule has 20 heavy (non-hydrogen) atoms. The van der Waals surface area contributed by atoms with Gasteiger partial charge in [-0.2, -0.15) is 0 Å². The van der Waals surface area contributed by atoms with Gasteiger partial charge in [0.1, 0.15) is 6.54 Å². The lowest BCUT2D eigenvalue weighted by molar-refractivity contribution is -0.121. The van der Waals surface area contributed by atoms with E-state index in [1.165, 1.54) is 4.57 Å². The highest BCUT2D eigenvalue weighted by Crippen LogP contribution is 2.14. The summed E-state index contributed by atoms with van der Waals surface area (Å²) >= 11 is 6.01. The molecule has 104 valence electrons. The fourth-order valence-electron chi connectivity index (χ4n) is 1.83. The molecule has 0 aliphatic rings. The molecule has 0 spiro atoms. The number of rotatable bonds is 4. The maximum absolute atomic E-state index is 11.8. The number of aromatic nitrogens is 1. The molecule has 0 bridgehead atoms. The summed E-state index contributed by atoms with van der Waals surface area (Å²) in [5.74, 6) is -0.224. The van der Waals surface area contributed by atoms with E-state index in [0.29, 0.717) is 17.1 Å². The van der Waals surface area contributed by atoms with E-state index < -0.39 is 0 Å². The molecule has 1 aromatic carbocycles. The van der Waals surface area contributed by atoms with Crippen LogP contribution in [0.2, 0.25) is 5.02 Å². The maximum Gasteiger partial charge on any atom is 0.253 e. The SMILES string of the molecule is Cc1cccn(CC(=O)NCc2ccccc2Cl)c1=O. The van der Waals surface area contributed by atoms with Crippen molar-refractivity contribution < 1.29 is 4.79 Å². The second kappa shape index (κ2) is 6.39. The Labute approximate surface area is 122 Å². The number of carbonyl (C=O) groups is 1. The number of amides is 1. The number of halogens is 1. The first-order valence-corrected chi connectivity index (χ1v) is 6.62. The molecule has 0 unspecified atom stereocenters. The summed E-state index contributed by atoms with van der Waals surface area (Å²) in [5, 5.41) is 3.36. The van der Waals surface area contributed by atoms with Crippen LogP contribution in [0, 0.1) is 6.92 Å². The van der Waals surface area contributed by atoms with Crippen molar-refractivity contribution in [3.63, 3.8) is 0 Å². The summed E-state index contributed by atoms with van der Waals surface area (Å²) in [6.07, 6.45) is 1.60. The number of aryl methyl sites for hydroxylation is 1. The number of carbonyl (C=O) groups excluding carboxylic acids is 1. The Hall–Kier alpha value is -2.07. The van der Waals surface area contributed by atoms with Gasteiger partial charge in [-0.3, -0.25) is 9.59 Å². The quantitative estimate of drug-likeness (QED) is 0.938. The molecule has 4 nitrogen and oxygen atoms in total. The molecule has 0 aliphatic carbocycles. The molecule has 1 heterocycles. The van der Waals surface area contributed by atoms with Crippen molar-refractivity contribution in [3.05, 3.63) is 69.1 Å². The lowest BCUT2D eigenvalue weighted by atomic mass is 10.2. The fourth-order valence-corrected chi connectivity index (χ4v) is 2.03. The van der Waals surface area contributed by atoms with Crippen LogP contribution in [0.4, 0.5) is 0 Å². The minimum absolute atomic E-state index is 0.00493. The molecule has 0 aliphatic heterocycles.